The molecule has 0 aliphatic carbocycles. The number of carbonyl (C=O) groups excluding carboxylic acids is 1. The lowest BCUT2D eigenvalue weighted by atomic mass is 10.1. The van der Waals surface area contributed by atoms with Gasteiger partial charge in [0.05, 0.1) is 19.2 Å². The molecule has 3 aromatic rings. The van der Waals surface area contributed by atoms with Crippen LogP contribution in [0, 0.1) is 0 Å². The summed E-state index contributed by atoms with van der Waals surface area (Å²) in [5.41, 5.74) is 1.64. The second kappa shape index (κ2) is 10.5. The van der Waals surface area contributed by atoms with Crippen LogP contribution in [0.4, 0.5) is 10.5 Å². The lowest BCUT2D eigenvalue weighted by Gasteiger charge is -2.30. The molecule has 2 aliphatic rings. The second-order valence-electron chi connectivity index (χ2n) is 9.17. The summed E-state index contributed by atoms with van der Waals surface area (Å²) in [5.74, 6) is 2.00. The third-order valence-electron chi connectivity index (χ3n) is 6.91. The molecule has 0 radical (unpaired) electrons. The highest BCUT2D eigenvalue weighted by molar-refractivity contribution is 5.89. The number of anilines is 1. The van der Waals surface area contributed by atoms with Crippen molar-refractivity contribution in [2.24, 2.45) is 0 Å². The minimum Gasteiger partial charge on any atom is -0.497 e. The van der Waals surface area contributed by atoms with Crippen molar-refractivity contribution >= 4 is 22.6 Å². The summed E-state index contributed by atoms with van der Waals surface area (Å²) >= 11 is 0. The van der Waals surface area contributed by atoms with E-state index in [1.54, 1.807) is 42.3 Å². The molecular formula is C27H32N4O5. The number of nitrogens with zero attached hydrogens (tertiary/aromatic N) is 2. The molecule has 2 aromatic carbocycles. The van der Waals surface area contributed by atoms with E-state index in [2.05, 4.69) is 22.1 Å². The van der Waals surface area contributed by atoms with E-state index in [1.807, 2.05) is 12.1 Å². The Morgan fingerprint density at radius 1 is 1.17 bits per heavy atom. The van der Waals surface area contributed by atoms with E-state index in [0.29, 0.717) is 53.8 Å². The summed E-state index contributed by atoms with van der Waals surface area (Å²) in [6.07, 6.45) is 2.13. The molecule has 0 bridgehead atoms. The molecule has 2 N–H and O–H groups in total. The van der Waals surface area contributed by atoms with Gasteiger partial charge >= 0.3 is 6.03 Å². The van der Waals surface area contributed by atoms with Crippen molar-refractivity contribution < 1.29 is 19.0 Å². The molecule has 1 unspecified atom stereocenters. The van der Waals surface area contributed by atoms with Crippen LogP contribution in [0.2, 0.25) is 0 Å². The van der Waals surface area contributed by atoms with E-state index in [1.165, 1.54) is 0 Å². The Morgan fingerprint density at radius 3 is 2.64 bits per heavy atom. The van der Waals surface area contributed by atoms with Crippen molar-refractivity contribution in [2.45, 2.75) is 32.4 Å². The third-order valence-corrected chi connectivity index (χ3v) is 6.91. The molecule has 5 rings (SSSR count). The number of benzene rings is 2. The Morgan fingerprint density at radius 2 is 1.92 bits per heavy atom. The Bertz CT molecular complexity index is 1290. The van der Waals surface area contributed by atoms with E-state index < -0.39 is 0 Å². The maximum Gasteiger partial charge on any atom is 0.322 e. The van der Waals surface area contributed by atoms with E-state index in [0.717, 1.165) is 31.3 Å². The largest absolute Gasteiger partial charge is 0.497 e. The van der Waals surface area contributed by atoms with Gasteiger partial charge in [-0.25, -0.2) is 4.79 Å². The first-order chi connectivity index (χ1) is 17.5. The number of amides is 2. The van der Waals surface area contributed by atoms with Gasteiger partial charge in [-0.2, -0.15) is 0 Å². The molecule has 9 heteroatoms. The predicted molar refractivity (Wildman–Crippen MR) is 138 cm³/mol. The highest BCUT2D eigenvalue weighted by Crippen LogP contribution is 2.33. The summed E-state index contributed by atoms with van der Waals surface area (Å²) in [7, 11) is 1.60. The topological polar surface area (TPSA) is 96.1 Å². The van der Waals surface area contributed by atoms with Gasteiger partial charge in [0.1, 0.15) is 19.0 Å². The van der Waals surface area contributed by atoms with Crippen LogP contribution in [-0.4, -0.2) is 66.8 Å². The fraction of sp³-hybridized carbons (Fsp3) is 0.407. The van der Waals surface area contributed by atoms with Crippen LogP contribution < -0.4 is 25.1 Å². The van der Waals surface area contributed by atoms with Crippen molar-refractivity contribution in [3.05, 3.63) is 58.4 Å². The molecular weight excluding hydrogens is 460 g/mol. The van der Waals surface area contributed by atoms with E-state index in [-0.39, 0.29) is 24.2 Å². The lowest BCUT2D eigenvalue weighted by Crippen LogP contribution is -2.45. The van der Waals surface area contributed by atoms with Crippen molar-refractivity contribution in [2.75, 3.05) is 45.3 Å². The molecule has 36 heavy (non-hydrogen) atoms. The molecule has 190 valence electrons. The number of fused-ring (bicyclic) bond motifs is 2. The zero-order chi connectivity index (χ0) is 25.1. The Kier molecular flexibility index (Phi) is 6.99. The molecule has 1 atom stereocenters. The normalized spacial score (nSPS) is 17.2. The van der Waals surface area contributed by atoms with Crippen molar-refractivity contribution in [1.82, 2.24) is 14.8 Å². The molecule has 1 aromatic heterocycles. The number of ether oxygens (including phenoxy) is 3. The molecule has 3 heterocycles. The first-order valence-electron chi connectivity index (χ1n) is 12.4. The number of likely N-dealkylation sites (tertiary alicyclic amines) is 1. The number of methoxy groups -OCH3 is 1. The van der Waals surface area contributed by atoms with Crippen molar-refractivity contribution in [3.63, 3.8) is 0 Å². The van der Waals surface area contributed by atoms with Gasteiger partial charge in [-0.15, -0.1) is 0 Å². The maximum atomic E-state index is 13.4. The van der Waals surface area contributed by atoms with Gasteiger partial charge in [0.2, 0.25) is 0 Å². The first-order valence-corrected chi connectivity index (χ1v) is 12.4. The zero-order valence-corrected chi connectivity index (χ0v) is 20.7. The smallest absolute Gasteiger partial charge is 0.322 e. The number of hydrogen-bond donors (Lipinski definition) is 2. The minimum atomic E-state index is -0.246. The number of urea groups is 1. The van der Waals surface area contributed by atoms with Crippen LogP contribution in [0.25, 0.3) is 10.9 Å². The second-order valence-corrected chi connectivity index (χ2v) is 9.17. The summed E-state index contributed by atoms with van der Waals surface area (Å²) in [6, 6.07) is 12.7. The van der Waals surface area contributed by atoms with Crippen molar-refractivity contribution in [3.8, 4) is 17.2 Å². The third kappa shape index (κ3) is 5.11. The lowest BCUT2D eigenvalue weighted by molar-refractivity contribution is 0.172. The van der Waals surface area contributed by atoms with Gasteiger partial charge in [0.15, 0.2) is 11.5 Å². The van der Waals surface area contributed by atoms with E-state index in [9.17, 15) is 9.59 Å². The first kappa shape index (κ1) is 24.0. The number of pyridine rings is 1. The van der Waals surface area contributed by atoms with E-state index >= 15 is 0 Å². The summed E-state index contributed by atoms with van der Waals surface area (Å²) in [6.45, 7) is 5.80. The van der Waals surface area contributed by atoms with Crippen LogP contribution in [-0.2, 0) is 6.54 Å². The van der Waals surface area contributed by atoms with Gasteiger partial charge in [-0.1, -0.05) is 6.92 Å². The highest BCUT2D eigenvalue weighted by Gasteiger charge is 2.28. The monoisotopic (exact) mass is 492 g/mol. The Hall–Kier alpha value is -3.72. The van der Waals surface area contributed by atoms with Crippen LogP contribution in [0.3, 0.4) is 0 Å². The number of rotatable bonds is 7. The molecule has 2 aliphatic heterocycles. The number of H-pyrrole nitrogens is 1. The highest BCUT2D eigenvalue weighted by atomic mass is 16.6. The number of aromatic nitrogens is 1. The Balaban J connectivity index is 1.42. The molecule has 0 saturated carbocycles. The van der Waals surface area contributed by atoms with Crippen LogP contribution in [0.15, 0.2) is 47.3 Å². The SMILES string of the molecule is CCN1CCCC1CN(Cc1cc2cc3c(cc2[nH]c1=O)OCCO3)C(=O)Nc1ccc(OC)cc1. The molecule has 1 fully saturated rings. The predicted octanol–water partition coefficient (Wildman–Crippen LogP) is 3.83. The Labute approximate surface area is 209 Å². The zero-order valence-electron chi connectivity index (χ0n) is 20.7. The van der Waals surface area contributed by atoms with Crippen LogP contribution in [0.5, 0.6) is 17.2 Å². The van der Waals surface area contributed by atoms with Gasteiger partial charge in [-0.05, 0) is 62.3 Å². The molecule has 1 saturated heterocycles. The number of hydrogen-bond acceptors (Lipinski definition) is 6. The summed E-state index contributed by atoms with van der Waals surface area (Å²) < 4.78 is 16.6. The fourth-order valence-corrected chi connectivity index (χ4v) is 4.98. The van der Waals surface area contributed by atoms with Gasteiger partial charge in [-0.3, -0.25) is 9.69 Å². The molecule has 9 nitrogen and oxygen atoms in total. The number of carbonyl (C=O) groups is 1. The number of likely N-dealkylation sites (N-methyl/N-ethyl adjacent to an activating group) is 1. The molecule has 2 amide bonds. The minimum absolute atomic E-state index is 0.190. The molecule has 0 spiro atoms. The average molecular weight is 493 g/mol. The van der Waals surface area contributed by atoms with Gasteiger partial charge in [0.25, 0.3) is 5.56 Å². The van der Waals surface area contributed by atoms with Crippen LogP contribution in [0.1, 0.15) is 25.3 Å². The number of nitrogens with one attached hydrogen (secondary N) is 2. The fourth-order valence-electron chi connectivity index (χ4n) is 4.98. The quantitative estimate of drug-likeness (QED) is 0.521. The summed E-state index contributed by atoms with van der Waals surface area (Å²) in [5, 5.41) is 3.82. The van der Waals surface area contributed by atoms with Gasteiger partial charge < -0.3 is 29.4 Å². The average Bonchev–Trinajstić information content (AvgIpc) is 3.35. The van der Waals surface area contributed by atoms with Crippen LogP contribution >= 0.6 is 0 Å². The van der Waals surface area contributed by atoms with Crippen molar-refractivity contribution in [1.29, 1.82) is 0 Å². The maximum absolute atomic E-state index is 13.4. The summed E-state index contributed by atoms with van der Waals surface area (Å²) in [4.78, 5) is 33.6. The van der Waals surface area contributed by atoms with E-state index in [4.69, 9.17) is 14.2 Å². The number of aromatic amines is 1. The standard InChI is InChI=1S/C27H32N4O5/c1-3-30-10-4-5-21(30)17-31(27(33)28-20-6-8-22(34-2)9-7-20)16-19-13-18-14-24-25(36-12-11-35-24)15-23(18)29-26(19)32/h6-9,13-15,21H,3-5,10-12,16-17H2,1-2H3,(H,28,33)(H,29,32). The van der Waals surface area contributed by atoms with Gasteiger partial charge in [0, 0.05) is 35.3 Å².